The first-order valence-corrected chi connectivity index (χ1v) is 7.19. The maximum absolute atomic E-state index is 10.9. The fourth-order valence-electron chi connectivity index (χ4n) is 2.30. The van der Waals surface area contributed by atoms with E-state index < -0.39 is 4.92 Å². The lowest BCUT2D eigenvalue weighted by atomic mass is 10.1. The number of hydrogen-bond acceptors (Lipinski definition) is 4. The molecule has 0 radical (unpaired) electrons. The van der Waals surface area contributed by atoms with Crippen molar-refractivity contribution in [1.29, 1.82) is 5.26 Å². The van der Waals surface area contributed by atoms with Crippen LogP contribution in [0.3, 0.4) is 0 Å². The third kappa shape index (κ3) is 3.23. The summed E-state index contributed by atoms with van der Waals surface area (Å²) in [6.07, 6.45) is 1.57. The van der Waals surface area contributed by atoms with E-state index in [1.54, 1.807) is 24.3 Å². The van der Waals surface area contributed by atoms with E-state index in [9.17, 15) is 15.4 Å². The van der Waals surface area contributed by atoms with Gasteiger partial charge < -0.3 is 4.42 Å². The first kappa shape index (κ1) is 15.3. The van der Waals surface area contributed by atoms with Gasteiger partial charge in [-0.1, -0.05) is 42.5 Å². The first-order valence-electron chi connectivity index (χ1n) is 7.19. The van der Waals surface area contributed by atoms with Crippen molar-refractivity contribution >= 4 is 17.3 Å². The Morgan fingerprint density at radius 2 is 1.88 bits per heavy atom. The fraction of sp³-hybridized carbons (Fsp3) is 0. The Labute approximate surface area is 138 Å². The van der Waals surface area contributed by atoms with Gasteiger partial charge in [0.25, 0.3) is 5.69 Å². The standard InChI is InChI=1S/C19H12N2O3/c20-13-16(15-7-4-8-17(11-15)21(22)23)12-18-9-10-19(24-18)14-5-2-1-3-6-14/h1-12H/b16-12-. The summed E-state index contributed by atoms with van der Waals surface area (Å²) in [7, 11) is 0. The second-order valence-electron chi connectivity index (χ2n) is 5.05. The Morgan fingerprint density at radius 3 is 2.58 bits per heavy atom. The average Bonchev–Trinajstić information content (AvgIpc) is 3.09. The Bertz CT molecular complexity index is 950. The van der Waals surface area contributed by atoms with Crippen LogP contribution < -0.4 is 0 Å². The minimum atomic E-state index is -0.487. The summed E-state index contributed by atoms with van der Waals surface area (Å²) in [6.45, 7) is 0. The van der Waals surface area contributed by atoms with Gasteiger partial charge in [0.15, 0.2) is 0 Å². The number of benzene rings is 2. The van der Waals surface area contributed by atoms with Crippen molar-refractivity contribution in [2.75, 3.05) is 0 Å². The molecule has 0 unspecified atom stereocenters. The molecule has 0 amide bonds. The Kier molecular flexibility index (Phi) is 4.21. The number of hydrogen-bond donors (Lipinski definition) is 0. The summed E-state index contributed by atoms with van der Waals surface area (Å²) >= 11 is 0. The van der Waals surface area contributed by atoms with Gasteiger partial charge in [-0.05, 0) is 23.8 Å². The number of nitro benzene ring substituents is 1. The minimum Gasteiger partial charge on any atom is -0.457 e. The van der Waals surface area contributed by atoms with Gasteiger partial charge in [-0.2, -0.15) is 5.26 Å². The quantitative estimate of drug-likeness (QED) is 0.389. The van der Waals surface area contributed by atoms with Gasteiger partial charge in [-0.15, -0.1) is 0 Å². The minimum absolute atomic E-state index is 0.0573. The van der Waals surface area contributed by atoms with Crippen LogP contribution in [-0.4, -0.2) is 4.92 Å². The number of allylic oxidation sites excluding steroid dienone is 1. The molecule has 0 aliphatic rings. The van der Waals surface area contributed by atoms with Gasteiger partial charge in [-0.25, -0.2) is 0 Å². The van der Waals surface area contributed by atoms with Gasteiger partial charge in [0, 0.05) is 17.7 Å². The van der Waals surface area contributed by atoms with Crippen LogP contribution >= 0.6 is 0 Å². The molecule has 3 rings (SSSR count). The molecule has 1 aromatic heterocycles. The number of nitrogens with zero attached hydrogens (tertiary/aromatic N) is 2. The molecule has 0 N–H and O–H groups in total. The fourth-order valence-corrected chi connectivity index (χ4v) is 2.30. The molecule has 5 heteroatoms. The van der Waals surface area contributed by atoms with Crippen molar-refractivity contribution in [2.45, 2.75) is 0 Å². The highest BCUT2D eigenvalue weighted by Gasteiger charge is 2.10. The van der Waals surface area contributed by atoms with Crippen molar-refractivity contribution in [2.24, 2.45) is 0 Å². The summed E-state index contributed by atoms with van der Waals surface area (Å²) in [5.41, 5.74) is 1.65. The van der Waals surface area contributed by atoms with Crippen LogP contribution in [0.2, 0.25) is 0 Å². The smallest absolute Gasteiger partial charge is 0.270 e. The largest absolute Gasteiger partial charge is 0.457 e. The van der Waals surface area contributed by atoms with E-state index in [4.69, 9.17) is 4.42 Å². The van der Waals surface area contributed by atoms with Crippen LogP contribution in [0.1, 0.15) is 11.3 Å². The van der Waals surface area contributed by atoms with Crippen LogP contribution in [0.15, 0.2) is 71.1 Å². The van der Waals surface area contributed by atoms with Crippen LogP contribution in [0.25, 0.3) is 23.0 Å². The van der Waals surface area contributed by atoms with Crippen LogP contribution in [0.5, 0.6) is 0 Å². The average molecular weight is 316 g/mol. The maximum atomic E-state index is 10.9. The molecule has 0 spiro atoms. The van der Waals surface area contributed by atoms with Gasteiger partial charge in [-0.3, -0.25) is 10.1 Å². The van der Waals surface area contributed by atoms with Gasteiger partial charge in [0.2, 0.25) is 0 Å². The third-order valence-corrected chi connectivity index (χ3v) is 3.46. The second kappa shape index (κ2) is 6.63. The molecule has 116 valence electrons. The first-order chi connectivity index (χ1) is 11.7. The van der Waals surface area contributed by atoms with E-state index in [1.807, 2.05) is 36.4 Å². The molecule has 0 atom stereocenters. The molecule has 0 aliphatic heterocycles. The molecule has 0 saturated carbocycles. The summed E-state index contributed by atoms with van der Waals surface area (Å²) < 4.78 is 5.74. The zero-order chi connectivity index (χ0) is 16.9. The second-order valence-corrected chi connectivity index (χ2v) is 5.05. The molecular formula is C19H12N2O3. The third-order valence-electron chi connectivity index (χ3n) is 3.46. The number of nitriles is 1. The summed E-state index contributed by atoms with van der Waals surface area (Å²) in [5, 5.41) is 20.2. The van der Waals surface area contributed by atoms with E-state index in [-0.39, 0.29) is 5.69 Å². The van der Waals surface area contributed by atoms with E-state index >= 15 is 0 Å². The van der Waals surface area contributed by atoms with E-state index in [0.29, 0.717) is 22.7 Å². The molecule has 5 nitrogen and oxygen atoms in total. The molecule has 0 saturated heterocycles. The van der Waals surface area contributed by atoms with E-state index in [1.165, 1.54) is 12.1 Å². The van der Waals surface area contributed by atoms with Crippen LogP contribution in [-0.2, 0) is 0 Å². The summed E-state index contributed by atoms with van der Waals surface area (Å²) in [5.74, 6) is 1.20. The molecule has 0 fully saturated rings. The molecular weight excluding hydrogens is 304 g/mol. The maximum Gasteiger partial charge on any atom is 0.270 e. The lowest BCUT2D eigenvalue weighted by molar-refractivity contribution is -0.384. The number of rotatable bonds is 4. The number of non-ortho nitro benzene ring substituents is 1. The summed E-state index contributed by atoms with van der Waals surface area (Å²) in [6, 6.07) is 21.2. The Balaban J connectivity index is 1.95. The molecule has 3 aromatic rings. The zero-order valence-electron chi connectivity index (χ0n) is 12.5. The highest BCUT2D eigenvalue weighted by molar-refractivity contribution is 5.89. The molecule has 0 aliphatic carbocycles. The highest BCUT2D eigenvalue weighted by Crippen LogP contribution is 2.26. The predicted octanol–water partition coefficient (Wildman–Crippen LogP) is 4.92. The topological polar surface area (TPSA) is 80.1 Å². The molecule has 24 heavy (non-hydrogen) atoms. The summed E-state index contributed by atoms with van der Waals surface area (Å²) in [4.78, 5) is 10.4. The van der Waals surface area contributed by atoms with Crippen molar-refractivity contribution < 1.29 is 9.34 Å². The van der Waals surface area contributed by atoms with Crippen LogP contribution in [0.4, 0.5) is 5.69 Å². The molecule has 0 bridgehead atoms. The van der Waals surface area contributed by atoms with Gasteiger partial charge in [0.05, 0.1) is 16.6 Å². The normalized spacial score (nSPS) is 11.0. The lowest BCUT2D eigenvalue weighted by Gasteiger charge is -1.99. The van der Waals surface area contributed by atoms with Crippen molar-refractivity contribution in [3.63, 3.8) is 0 Å². The van der Waals surface area contributed by atoms with Crippen molar-refractivity contribution in [3.8, 4) is 17.4 Å². The molecule has 2 aromatic carbocycles. The number of nitro groups is 1. The SMILES string of the molecule is N#C/C(=C/c1ccc(-c2ccccc2)o1)c1cccc([N+](=O)[O-])c1. The van der Waals surface area contributed by atoms with Crippen LogP contribution in [0, 0.1) is 21.4 Å². The highest BCUT2D eigenvalue weighted by atomic mass is 16.6. The van der Waals surface area contributed by atoms with Gasteiger partial charge in [0.1, 0.15) is 11.5 Å². The Morgan fingerprint density at radius 1 is 1.08 bits per heavy atom. The van der Waals surface area contributed by atoms with E-state index in [2.05, 4.69) is 6.07 Å². The Hall–Kier alpha value is -3.65. The van der Waals surface area contributed by atoms with Gasteiger partial charge >= 0.3 is 0 Å². The predicted molar refractivity (Wildman–Crippen MR) is 90.7 cm³/mol. The lowest BCUT2D eigenvalue weighted by Crippen LogP contribution is -1.89. The van der Waals surface area contributed by atoms with Crippen molar-refractivity contribution in [1.82, 2.24) is 0 Å². The monoisotopic (exact) mass is 316 g/mol. The van der Waals surface area contributed by atoms with Crippen molar-refractivity contribution in [3.05, 3.63) is 88.2 Å². The number of furan rings is 1. The van der Waals surface area contributed by atoms with E-state index in [0.717, 1.165) is 5.56 Å². The zero-order valence-corrected chi connectivity index (χ0v) is 12.5. The molecule has 1 heterocycles.